The van der Waals surface area contributed by atoms with Gasteiger partial charge in [0.05, 0.1) is 82.8 Å². The van der Waals surface area contributed by atoms with Crippen LogP contribution < -0.4 is 52.6 Å². The molecule has 2 N–H and O–H groups in total. The molecule has 8 aromatic carbocycles. The fraction of sp³-hybridized carbons (Fsp3) is 0.288. The van der Waals surface area contributed by atoms with Crippen LogP contribution in [0.1, 0.15) is 82.7 Å². The maximum atomic E-state index is 13.4. The van der Waals surface area contributed by atoms with Gasteiger partial charge in [-0.25, -0.2) is 34.8 Å². The SMILES string of the molecule is COc1ccc(C(=O)Cn2cc[nH]c2=O)cc1OC1CCCC1.COc1ccc(S(=O)(=O)N(Cc2ccccc2)Cc2ccccc2)cc1OC.COc1ccc(S(=O)(=O)N2CCCc3ccccc32)cc1OC.COc1ccc(S(=O)(=O)NC2CCc3ccccc32)cc1OC. The number of fused-ring (bicyclic) bond motifs is 2. The number of hydrogen-bond donors (Lipinski definition) is 2. The van der Waals surface area contributed by atoms with E-state index in [4.69, 9.17) is 37.9 Å². The molecule has 1 unspecified atom stereocenters. The predicted octanol–water partition coefficient (Wildman–Crippen LogP) is 12.0. The lowest BCUT2D eigenvalue weighted by molar-refractivity contribution is 0.0969. The number of para-hydroxylation sites is 1. The molecule has 1 saturated carbocycles. The average Bonchev–Trinajstić information content (AvgIpc) is 1.18. The average molecular weight is 1380 g/mol. The Labute approximate surface area is 567 Å². The first-order valence-electron chi connectivity index (χ1n) is 31.4. The number of nitrogens with one attached hydrogen (secondary N) is 2. The van der Waals surface area contributed by atoms with E-state index in [2.05, 4.69) is 9.71 Å². The van der Waals surface area contributed by atoms with E-state index in [9.17, 15) is 34.8 Å². The number of carbonyl (C=O) groups is 1. The number of sulfonamides is 3. The zero-order chi connectivity index (χ0) is 69.1. The van der Waals surface area contributed by atoms with Gasteiger partial charge in [-0.15, -0.1) is 0 Å². The summed E-state index contributed by atoms with van der Waals surface area (Å²) in [5.74, 6) is 3.72. The van der Waals surface area contributed by atoms with Gasteiger partial charge >= 0.3 is 5.69 Å². The number of ketones is 1. The summed E-state index contributed by atoms with van der Waals surface area (Å²) in [4.78, 5) is 26.9. The van der Waals surface area contributed by atoms with Crippen LogP contribution in [0, 0.1) is 0 Å². The molecule has 12 rings (SSSR count). The fourth-order valence-electron chi connectivity index (χ4n) is 11.5. The van der Waals surface area contributed by atoms with Gasteiger partial charge in [-0.3, -0.25) is 13.7 Å². The lowest BCUT2D eigenvalue weighted by Gasteiger charge is -2.30. The van der Waals surface area contributed by atoms with Crippen molar-refractivity contribution in [3.05, 3.63) is 238 Å². The molecular formula is C73H81N5O16S3. The minimum Gasteiger partial charge on any atom is -0.493 e. The van der Waals surface area contributed by atoms with Gasteiger partial charge in [-0.2, -0.15) is 4.31 Å². The van der Waals surface area contributed by atoms with Crippen LogP contribution in [0.3, 0.4) is 0 Å². The van der Waals surface area contributed by atoms with Crippen LogP contribution in [0.5, 0.6) is 46.0 Å². The summed E-state index contributed by atoms with van der Waals surface area (Å²) < 4.78 is 128. The molecule has 0 bridgehead atoms. The number of rotatable bonds is 23. The van der Waals surface area contributed by atoms with E-state index in [0.717, 1.165) is 66.5 Å². The minimum absolute atomic E-state index is 0.00245. The summed E-state index contributed by atoms with van der Waals surface area (Å²) in [6.45, 7) is 1.02. The number of imidazole rings is 1. The molecule has 9 aromatic rings. The Morgan fingerprint density at radius 2 is 1.01 bits per heavy atom. The number of H-pyrrole nitrogens is 1. The second-order valence-corrected chi connectivity index (χ2v) is 28.2. The summed E-state index contributed by atoms with van der Waals surface area (Å²) >= 11 is 0. The maximum absolute atomic E-state index is 13.4. The third kappa shape index (κ3) is 17.9. The number of benzene rings is 8. The number of aromatic nitrogens is 2. The highest BCUT2D eigenvalue weighted by atomic mass is 32.2. The maximum Gasteiger partial charge on any atom is 0.325 e. The van der Waals surface area contributed by atoms with Crippen LogP contribution in [-0.4, -0.2) is 107 Å². The summed E-state index contributed by atoms with van der Waals surface area (Å²) in [6.07, 6.45) is 11.0. The van der Waals surface area contributed by atoms with E-state index in [-0.39, 0.29) is 57.9 Å². The van der Waals surface area contributed by atoms with Crippen LogP contribution in [0.4, 0.5) is 5.69 Å². The number of nitrogens with zero attached hydrogens (tertiary/aromatic N) is 3. The van der Waals surface area contributed by atoms with Crippen molar-refractivity contribution in [3.63, 3.8) is 0 Å². The van der Waals surface area contributed by atoms with E-state index < -0.39 is 30.1 Å². The normalized spacial score (nSPS) is 14.2. The van der Waals surface area contributed by atoms with Crippen molar-refractivity contribution in [2.24, 2.45) is 0 Å². The second-order valence-electron chi connectivity index (χ2n) is 22.7. The number of aryl methyl sites for hydroxylation is 2. The first-order valence-corrected chi connectivity index (χ1v) is 35.8. The lowest BCUT2D eigenvalue weighted by Crippen LogP contribution is -2.35. The molecule has 97 heavy (non-hydrogen) atoms. The highest BCUT2D eigenvalue weighted by molar-refractivity contribution is 7.93. The van der Waals surface area contributed by atoms with Crippen LogP contribution in [-0.2, 0) is 62.5 Å². The molecule has 1 fully saturated rings. The largest absolute Gasteiger partial charge is 0.493 e. The third-order valence-electron chi connectivity index (χ3n) is 16.6. The fourth-order valence-corrected chi connectivity index (χ4v) is 15.8. The molecule has 2 heterocycles. The van der Waals surface area contributed by atoms with E-state index in [1.165, 1.54) is 105 Å². The number of hydrogen-bond acceptors (Lipinski definition) is 16. The standard InChI is InChI=1S/C22H23NO4S.C17H20N2O4.2C17H19NO4S/c1-26-21-14-13-20(15-22(21)27-2)28(24,25)23(16-18-9-5-3-6-10-18)17-19-11-7-4-8-12-19;1-22-15-7-6-12(10-16(15)23-13-4-2-3-5-13)14(20)11-19-9-8-18-17(19)21;1-21-16-10-9-14(12-17(16)22-2)23(19,20)18-11-5-7-13-6-3-4-8-15(13)18;1-21-16-10-8-13(11-17(16)22-2)23(19,20)18-15-9-7-12-5-3-4-6-14(12)15/h3-15H,16-17H2,1-2H3;6-10,13H,2-5,11H2,1H3,(H,18,21);3-4,6,8-10,12H,5,7,11H2,1-2H3;3-6,8,10-11,15,18H,7,9H2,1-2H3. The molecule has 0 spiro atoms. The van der Waals surface area contributed by atoms with Gasteiger partial charge in [0.15, 0.2) is 51.8 Å². The quantitative estimate of drug-likeness (QED) is 0.0565. The first kappa shape index (κ1) is 71.7. The second kappa shape index (κ2) is 33.4. The number of Topliss-reactive ketones (excluding diaryl/α,β-unsaturated/α-hetero) is 1. The number of ether oxygens (including phenoxy) is 8. The molecule has 0 saturated heterocycles. The molecule has 0 amide bonds. The van der Waals surface area contributed by atoms with E-state index >= 15 is 0 Å². The Bertz CT molecular complexity index is 4480. The van der Waals surface area contributed by atoms with Crippen molar-refractivity contribution < 1.29 is 67.9 Å². The monoisotopic (exact) mass is 1380 g/mol. The van der Waals surface area contributed by atoms with Crippen molar-refractivity contribution in [1.29, 1.82) is 0 Å². The highest BCUT2D eigenvalue weighted by Gasteiger charge is 2.32. The minimum atomic E-state index is -3.76. The van der Waals surface area contributed by atoms with Crippen molar-refractivity contribution >= 4 is 41.5 Å². The Balaban J connectivity index is 0.000000152. The topological polar surface area (TPSA) is 250 Å². The van der Waals surface area contributed by atoms with Gasteiger partial charge in [0.25, 0.3) is 10.0 Å². The molecule has 1 aliphatic heterocycles. The predicted molar refractivity (Wildman–Crippen MR) is 370 cm³/mol. The molecule has 21 nitrogen and oxygen atoms in total. The van der Waals surface area contributed by atoms with Crippen LogP contribution >= 0.6 is 0 Å². The molecule has 0 radical (unpaired) electrons. The third-order valence-corrected chi connectivity index (χ3v) is 21.7. The Hall–Kier alpha value is -9.59. The lowest BCUT2D eigenvalue weighted by atomic mass is 10.0. The van der Waals surface area contributed by atoms with Crippen molar-refractivity contribution in [2.45, 2.75) is 97.8 Å². The smallest absolute Gasteiger partial charge is 0.325 e. The van der Waals surface area contributed by atoms with Crippen molar-refractivity contribution in [2.75, 3.05) is 60.6 Å². The Morgan fingerprint density at radius 1 is 0.515 bits per heavy atom. The van der Waals surface area contributed by atoms with E-state index in [1.807, 2.05) is 109 Å². The molecule has 24 heteroatoms. The van der Waals surface area contributed by atoms with Crippen molar-refractivity contribution in [3.8, 4) is 46.0 Å². The van der Waals surface area contributed by atoms with Crippen LogP contribution in [0.2, 0.25) is 0 Å². The van der Waals surface area contributed by atoms with Gasteiger partial charge in [0, 0.05) is 61.8 Å². The molecule has 1 aromatic heterocycles. The molecule has 512 valence electrons. The number of anilines is 1. The van der Waals surface area contributed by atoms with E-state index in [0.29, 0.717) is 58.1 Å². The molecular weight excluding hydrogens is 1300 g/mol. The Kier molecular flexibility index (Phi) is 24.7. The molecule has 1 atom stereocenters. The molecule has 3 aliphatic rings. The summed E-state index contributed by atoms with van der Waals surface area (Å²) in [5.41, 5.74) is 6.12. The van der Waals surface area contributed by atoms with Gasteiger partial charge in [0.1, 0.15) is 0 Å². The zero-order valence-electron chi connectivity index (χ0n) is 55.2. The first-order chi connectivity index (χ1) is 46.8. The summed E-state index contributed by atoms with van der Waals surface area (Å²) in [6, 6.07) is 53.5. The van der Waals surface area contributed by atoms with Gasteiger partial charge in [0.2, 0.25) is 20.0 Å². The molecule has 2 aliphatic carbocycles. The number of methoxy groups -OCH3 is 7. The zero-order valence-corrected chi connectivity index (χ0v) is 57.7. The number of carbonyl (C=O) groups excluding carboxylic acids is 1. The van der Waals surface area contributed by atoms with Gasteiger partial charge in [-0.1, -0.05) is 103 Å². The van der Waals surface area contributed by atoms with Gasteiger partial charge < -0.3 is 42.9 Å². The van der Waals surface area contributed by atoms with E-state index in [1.54, 1.807) is 61.8 Å². The van der Waals surface area contributed by atoms with Crippen molar-refractivity contribution in [1.82, 2.24) is 18.6 Å². The van der Waals surface area contributed by atoms with Crippen LogP contribution in [0.25, 0.3) is 0 Å². The van der Waals surface area contributed by atoms with Crippen LogP contribution in [0.15, 0.2) is 214 Å². The summed E-state index contributed by atoms with van der Waals surface area (Å²) in [7, 11) is -0.432. The van der Waals surface area contributed by atoms with Gasteiger partial charge in [-0.05, 0) is 140 Å². The summed E-state index contributed by atoms with van der Waals surface area (Å²) in [5, 5.41) is 0. The number of aromatic amines is 1. The highest BCUT2D eigenvalue weighted by Crippen LogP contribution is 2.38. The Morgan fingerprint density at radius 3 is 1.58 bits per heavy atom.